The predicted molar refractivity (Wildman–Crippen MR) is 88.0 cm³/mol. The summed E-state index contributed by atoms with van der Waals surface area (Å²) in [6.45, 7) is 4.89. The molecule has 0 aliphatic carbocycles. The van der Waals surface area contributed by atoms with E-state index >= 15 is 0 Å². The first-order chi connectivity index (χ1) is 10.2. The zero-order valence-electron chi connectivity index (χ0n) is 12.8. The van der Waals surface area contributed by atoms with Gasteiger partial charge in [-0.2, -0.15) is 0 Å². The molecule has 22 heavy (non-hydrogen) atoms. The lowest BCUT2D eigenvalue weighted by molar-refractivity contribution is 0.0757. The first kappa shape index (κ1) is 18.7. The van der Waals surface area contributed by atoms with Crippen LogP contribution >= 0.6 is 11.6 Å². The summed E-state index contributed by atoms with van der Waals surface area (Å²) in [6, 6.07) is 4.38. The van der Waals surface area contributed by atoms with Crippen molar-refractivity contribution in [1.82, 2.24) is 5.32 Å². The topological polar surface area (TPSA) is 84.5 Å². The standard InChI is InChI=1S/C14H21ClN2O4S/c1-10(2)21-8-4-7-16-14(18)12-9-11(5-6-13(12)15)17-22(3,19)20/h5-6,9-10,17H,4,7-8H2,1-3H3,(H,16,18). The number of amides is 1. The van der Waals surface area contributed by atoms with E-state index in [0.717, 1.165) is 6.26 Å². The zero-order chi connectivity index (χ0) is 16.8. The third kappa shape index (κ3) is 7.11. The van der Waals surface area contributed by atoms with Crippen LogP contribution in [0.5, 0.6) is 0 Å². The molecule has 0 spiro atoms. The van der Waals surface area contributed by atoms with Crippen molar-refractivity contribution in [3.05, 3.63) is 28.8 Å². The van der Waals surface area contributed by atoms with Crippen molar-refractivity contribution in [2.45, 2.75) is 26.4 Å². The molecule has 0 aliphatic heterocycles. The van der Waals surface area contributed by atoms with Gasteiger partial charge in [0.15, 0.2) is 0 Å². The Morgan fingerprint density at radius 3 is 2.64 bits per heavy atom. The quantitative estimate of drug-likeness (QED) is 0.706. The van der Waals surface area contributed by atoms with Gasteiger partial charge < -0.3 is 10.1 Å². The summed E-state index contributed by atoms with van der Waals surface area (Å²) in [6.07, 6.45) is 1.88. The van der Waals surface area contributed by atoms with E-state index in [9.17, 15) is 13.2 Å². The highest BCUT2D eigenvalue weighted by atomic mass is 35.5. The summed E-state index contributed by atoms with van der Waals surface area (Å²) in [7, 11) is -3.41. The van der Waals surface area contributed by atoms with Crippen molar-refractivity contribution in [3.63, 3.8) is 0 Å². The van der Waals surface area contributed by atoms with E-state index in [1.54, 1.807) is 0 Å². The number of benzene rings is 1. The first-order valence-corrected chi connectivity index (χ1v) is 9.13. The van der Waals surface area contributed by atoms with Gasteiger partial charge in [0.05, 0.1) is 22.9 Å². The minimum Gasteiger partial charge on any atom is -0.379 e. The highest BCUT2D eigenvalue weighted by Crippen LogP contribution is 2.21. The fourth-order valence-electron chi connectivity index (χ4n) is 1.67. The fourth-order valence-corrected chi connectivity index (χ4v) is 2.42. The molecule has 124 valence electrons. The lowest BCUT2D eigenvalue weighted by Gasteiger charge is -2.10. The molecule has 0 heterocycles. The first-order valence-electron chi connectivity index (χ1n) is 6.86. The number of rotatable bonds is 8. The smallest absolute Gasteiger partial charge is 0.252 e. The van der Waals surface area contributed by atoms with E-state index in [4.69, 9.17) is 16.3 Å². The molecular weight excluding hydrogens is 328 g/mol. The number of anilines is 1. The Balaban J connectivity index is 2.62. The summed E-state index contributed by atoms with van der Waals surface area (Å²) < 4.78 is 30.1. The molecule has 0 radical (unpaired) electrons. The molecule has 6 nitrogen and oxygen atoms in total. The van der Waals surface area contributed by atoms with Gasteiger partial charge in [-0.1, -0.05) is 11.6 Å². The van der Waals surface area contributed by atoms with Gasteiger partial charge in [-0.3, -0.25) is 9.52 Å². The van der Waals surface area contributed by atoms with Gasteiger partial charge in [0.1, 0.15) is 0 Å². The van der Waals surface area contributed by atoms with Gasteiger partial charge in [-0.25, -0.2) is 8.42 Å². The number of halogens is 1. The van der Waals surface area contributed by atoms with Crippen LogP contribution in [0.4, 0.5) is 5.69 Å². The lowest BCUT2D eigenvalue weighted by Crippen LogP contribution is -2.26. The van der Waals surface area contributed by atoms with Gasteiger partial charge >= 0.3 is 0 Å². The highest BCUT2D eigenvalue weighted by molar-refractivity contribution is 7.92. The Kier molecular flexibility index (Phi) is 7.12. The van der Waals surface area contributed by atoms with E-state index in [1.165, 1.54) is 18.2 Å². The molecule has 0 aliphatic rings. The molecule has 0 saturated carbocycles. The van der Waals surface area contributed by atoms with Crippen molar-refractivity contribution in [2.75, 3.05) is 24.1 Å². The third-order valence-corrected chi connectivity index (χ3v) is 3.51. The Labute approximate surface area is 136 Å². The zero-order valence-corrected chi connectivity index (χ0v) is 14.4. The second-order valence-corrected chi connectivity index (χ2v) is 7.25. The third-order valence-electron chi connectivity index (χ3n) is 2.57. The van der Waals surface area contributed by atoms with Crippen LogP contribution in [0.1, 0.15) is 30.6 Å². The fraction of sp³-hybridized carbons (Fsp3) is 0.500. The van der Waals surface area contributed by atoms with Crippen molar-refractivity contribution in [1.29, 1.82) is 0 Å². The van der Waals surface area contributed by atoms with Crippen LogP contribution in [0.15, 0.2) is 18.2 Å². The second-order valence-electron chi connectivity index (χ2n) is 5.10. The van der Waals surface area contributed by atoms with Crippen LogP contribution in [0.2, 0.25) is 5.02 Å². The van der Waals surface area contributed by atoms with Gasteiger partial charge in [0.2, 0.25) is 10.0 Å². The van der Waals surface area contributed by atoms with Crippen LogP contribution in [0.25, 0.3) is 0 Å². The van der Waals surface area contributed by atoms with Crippen LogP contribution in [0.3, 0.4) is 0 Å². The summed E-state index contributed by atoms with van der Waals surface area (Å²) in [4.78, 5) is 12.1. The monoisotopic (exact) mass is 348 g/mol. The molecule has 1 aromatic carbocycles. The molecule has 2 N–H and O–H groups in total. The van der Waals surface area contributed by atoms with Gasteiger partial charge in [-0.05, 0) is 38.5 Å². The van der Waals surface area contributed by atoms with Crippen LogP contribution in [-0.4, -0.2) is 39.8 Å². The summed E-state index contributed by atoms with van der Waals surface area (Å²) in [5.41, 5.74) is 0.514. The van der Waals surface area contributed by atoms with E-state index in [-0.39, 0.29) is 22.6 Å². The van der Waals surface area contributed by atoms with Crippen LogP contribution < -0.4 is 10.0 Å². The molecule has 0 fully saturated rings. The Morgan fingerprint density at radius 1 is 1.36 bits per heavy atom. The van der Waals surface area contributed by atoms with E-state index in [0.29, 0.717) is 25.3 Å². The average molecular weight is 349 g/mol. The maximum atomic E-state index is 12.1. The molecule has 0 unspecified atom stereocenters. The second kappa shape index (κ2) is 8.36. The normalized spacial score (nSPS) is 11.5. The minimum absolute atomic E-state index is 0.156. The Hall–Kier alpha value is -1.31. The van der Waals surface area contributed by atoms with E-state index < -0.39 is 10.0 Å². The molecule has 8 heteroatoms. The SMILES string of the molecule is CC(C)OCCCNC(=O)c1cc(NS(C)(=O)=O)ccc1Cl. The number of carbonyl (C=O) groups excluding carboxylic acids is 1. The average Bonchev–Trinajstić information content (AvgIpc) is 2.38. The molecule has 1 amide bonds. The van der Waals surface area contributed by atoms with Crippen LogP contribution in [-0.2, 0) is 14.8 Å². The van der Waals surface area contributed by atoms with Gasteiger partial charge in [0.25, 0.3) is 5.91 Å². The Bertz CT molecular complexity index is 617. The number of hydrogen-bond acceptors (Lipinski definition) is 4. The van der Waals surface area contributed by atoms with E-state index in [2.05, 4.69) is 10.0 Å². The number of sulfonamides is 1. The molecule has 1 rings (SSSR count). The molecular formula is C14H21ClN2O4S. The largest absolute Gasteiger partial charge is 0.379 e. The number of hydrogen-bond donors (Lipinski definition) is 2. The molecule has 0 atom stereocenters. The number of nitrogens with one attached hydrogen (secondary N) is 2. The molecule has 0 aromatic heterocycles. The molecule has 0 bridgehead atoms. The van der Waals surface area contributed by atoms with Crippen molar-refractivity contribution in [3.8, 4) is 0 Å². The molecule has 0 saturated heterocycles. The minimum atomic E-state index is -3.41. The van der Waals surface area contributed by atoms with Gasteiger partial charge in [-0.15, -0.1) is 0 Å². The van der Waals surface area contributed by atoms with E-state index in [1.807, 2.05) is 13.8 Å². The highest BCUT2D eigenvalue weighted by Gasteiger charge is 2.12. The number of carbonyl (C=O) groups is 1. The Morgan fingerprint density at radius 2 is 2.05 bits per heavy atom. The van der Waals surface area contributed by atoms with Crippen LogP contribution in [0, 0.1) is 0 Å². The summed E-state index contributed by atoms with van der Waals surface area (Å²) in [5, 5.41) is 2.98. The lowest BCUT2D eigenvalue weighted by atomic mass is 10.2. The maximum absolute atomic E-state index is 12.1. The summed E-state index contributed by atoms with van der Waals surface area (Å²) in [5.74, 6) is -0.355. The van der Waals surface area contributed by atoms with Crippen molar-refractivity contribution >= 4 is 33.2 Å². The number of ether oxygens (including phenoxy) is 1. The van der Waals surface area contributed by atoms with Crippen molar-refractivity contribution in [2.24, 2.45) is 0 Å². The predicted octanol–water partition coefficient (Wildman–Crippen LogP) is 2.26. The maximum Gasteiger partial charge on any atom is 0.252 e. The van der Waals surface area contributed by atoms with Gasteiger partial charge in [0, 0.05) is 18.8 Å². The summed E-state index contributed by atoms with van der Waals surface area (Å²) >= 11 is 5.98. The van der Waals surface area contributed by atoms with Crippen molar-refractivity contribution < 1.29 is 17.9 Å². The molecule has 1 aromatic rings.